The molecule has 0 unspecified atom stereocenters. The predicted octanol–water partition coefficient (Wildman–Crippen LogP) is 4.44. The normalized spacial score (nSPS) is 14.4. The smallest absolute Gasteiger partial charge is 0.253 e. The maximum Gasteiger partial charge on any atom is 0.253 e. The van der Waals surface area contributed by atoms with Crippen molar-refractivity contribution in [2.75, 3.05) is 37.7 Å². The lowest BCUT2D eigenvalue weighted by molar-refractivity contribution is 0.0746. The first kappa shape index (κ1) is 20.5. The minimum absolute atomic E-state index is 0.0661. The van der Waals surface area contributed by atoms with Gasteiger partial charge in [0.2, 0.25) is 0 Å². The summed E-state index contributed by atoms with van der Waals surface area (Å²) in [6.45, 7) is 9.53. The van der Waals surface area contributed by atoms with Gasteiger partial charge < -0.3 is 19.3 Å². The lowest BCUT2D eigenvalue weighted by Gasteiger charge is -2.34. The van der Waals surface area contributed by atoms with E-state index in [0.29, 0.717) is 25.3 Å². The predicted molar refractivity (Wildman–Crippen MR) is 121 cm³/mol. The molecular weight excluding hydrogens is 398 g/mol. The number of hydrogen-bond donors (Lipinski definition) is 0. The van der Waals surface area contributed by atoms with Crippen LogP contribution < -0.4 is 14.4 Å². The second-order valence-electron chi connectivity index (χ2n) is 7.53. The molecule has 0 aliphatic carbocycles. The highest BCUT2D eigenvalue weighted by molar-refractivity contribution is 7.22. The number of ether oxygens (including phenoxy) is 2. The Morgan fingerprint density at radius 2 is 1.77 bits per heavy atom. The number of hydrogen-bond acceptors (Lipinski definition) is 6. The zero-order valence-corrected chi connectivity index (χ0v) is 18.4. The van der Waals surface area contributed by atoms with Gasteiger partial charge in [0.25, 0.3) is 5.91 Å². The Morgan fingerprint density at radius 3 is 2.43 bits per heavy atom. The minimum Gasteiger partial charge on any atom is -0.494 e. The summed E-state index contributed by atoms with van der Waals surface area (Å²) in [5, 5.41) is 1.00. The lowest BCUT2D eigenvalue weighted by atomic mass is 10.1. The van der Waals surface area contributed by atoms with E-state index >= 15 is 0 Å². The zero-order chi connectivity index (χ0) is 21.1. The molecule has 1 saturated heterocycles. The van der Waals surface area contributed by atoms with Crippen molar-refractivity contribution in [2.45, 2.75) is 26.9 Å². The van der Waals surface area contributed by atoms with E-state index in [9.17, 15) is 4.79 Å². The van der Waals surface area contributed by atoms with Crippen molar-refractivity contribution in [2.24, 2.45) is 0 Å². The summed E-state index contributed by atoms with van der Waals surface area (Å²) in [6, 6.07) is 13.4. The summed E-state index contributed by atoms with van der Waals surface area (Å²) >= 11 is 1.67. The number of thiazole rings is 1. The van der Waals surface area contributed by atoms with Crippen LogP contribution in [0.15, 0.2) is 42.5 Å². The van der Waals surface area contributed by atoms with Crippen molar-refractivity contribution >= 4 is 32.6 Å². The molecule has 1 fully saturated rings. The Bertz CT molecular complexity index is 1010. The minimum atomic E-state index is 0.0661. The second kappa shape index (κ2) is 8.92. The Morgan fingerprint density at radius 1 is 1.07 bits per heavy atom. The fraction of sp³-hybridized carbons (Fsp3) is 0.391. The number of carbonyl (C=O) groups excluding carboxylic acids is 1. The average Bonchev–Trinajstić information content (AvgIpc) is 3.17. The molecule has 158 valence electrons. The van der Waals surface area contributed by atoms with Gasteiger partial charge in [-0.1, -0.05) is 11.3 Å². The molecule has 3 aromatic rings. The fourth-order valence-electron chi connectivity index (χ4n) is 3.52. The van der Waals surface area contributed by atoms with Gasteiger partial charge in [0, 0.05) is 31.7 Å². The van der Waals surface area contributed by atoms with Crippen LogP contribution in [0.25, 0.3) is 10.2 Å². The molecule has 0 spiro atoms. The van der Waals surface area contributed by atoms with Crippen LogP contribution in [0.3, 0.4) is 0 Å². The summed E-state index contributed by atoms with van der Waals surface area (Å²) in [5.41, 5.74) is 1.68. The van der Waals surface area contributed by atoms with Gasteiger partial charge in [-0.25, -0.2) is 4.98 Å². The molecule has 6 nitrogen and oxygen atoms in total. The van der Waals surface area contributed by atoms with Crippen LogP contribution in [0.5, 0.6) is 11.5 Å². The van der Waals surface area contributed by atoms with E-state index in [1.165, 1.54) is 0 Å². The molecule has 1 aliphatic rings. The SMILES string of the molecule is CCOc1ccc2nc(N3CCN(C(=O)c4ccc(OC(C)C)cc4)CC3)sc2c1. The van der Waals surface area contributed by atoms with Crippen molar-refractivity contribution in [1.29, 1.82) is 0 Å². The van der Waals surface area contributed by atoms with E-state index in [4.69, 9.17) is 14.5 Å². The van der Waals surface area contributed by atoms with Crippen LogP contribution in [-0.2, 0) is 0 Å². The van der Waals surface area contributed by atoms with Crippen LogP contribution in [0.2, 0.25) is 0 Å². The standard InChI is InChI=1S/C23H27N3O3S/c1-4-28-19-9-10-20-21(15-19)30-23(24-20)26-13-11-25(12-14-26)22(27)17-5-7-18(8-6-17)29-16(2)3/h5-10,15-16H,4,11-14H2,1-3H3. The van der Waals surface area contributed by atoms with E-state index in [0.717, 1.165) is 39.9 Å². The summed E-state index contributed by atoms with van der Waals surface area (Å²) < 4.78 is 12.4. The number of aromatic nitrogens is 1. The molecule has 1 aliphatic heterocycles. The lowest BCUT2D eigenvalue weighted by Crippen LogP contribution is -2.48. The maximum absolute atomic E-state index is 12.9. The molecule has 0 saturated carbocycles. The first-order valence-corrected chi connectivity index (χ1v) is 11.2. The van der Waals surface area contributed by atoms with Gasteiger partial charge in [0.05, 0.1) is 22.9 Å². The number of anilines is 1. The topological polar surface area (TPSA) is 54.9 Å². The molecule has 30 heavy (non-hydrogen) atoms. The second-order valence-corrected chi connectivity index (χ2v) is 8.54. The molecule has 1 amide bonds. The largest absolute Gasteiger partial charge is 0.494 e. The fourth-order valence-corrected chi connectivity index (χ4v) is 4.56. The van der Waals surface area contributed by atoms with Gasteiger partial charge in [-0.05, 0) is 63.2 Å². The molecule has 7 heteroatoms. The Labute approximate surface area is 181 Å². The highest BCUT2D eigenvalue weighted by atomic mass is 32.1. The highest BCUT2D eigenvalue weighted by Crippen LogP contribution is 2.32. The van der Waals surface area contributed by atoms with Crippen LogP contribution >= 0.6 is 11.3 Å². The number of amides is 1. The van der Waals surface area contributed by atoms with Crippen molar-refractivity contribution in [3.8, 4) is 11.5 Å². The average molecular weight is 426 g/mol. The molecule has 0 atom stereocenters. The van der Waals surface area contributed by atoms with Gasteiger partial charge in [-0.3, -0.25) is 4.79 Å². The van der Waals surface area contributed by atoms with Crippen molar-refractivity contribution in [1.82, 2.24) is 9.88 Å². The molecule has 1 aromatic heterocycles. The number of nitrogens with zero attached hydrogens (tertiary/aromatic N) is 3. The zero-order valence-electron chi connectivity index (χ0n) is 17.6. The van der Waals surface area contributed by atoms with Crippen molar-refractivity contribution in [3.05, 3.63) is 48.0 Å². The van der Waals surface area contributed by atoms with Gasteiger partial charge in [-0.2, -0.15) is 0 Å². The van der Waals surface area contributed by atoms with Crippen molar-refractivity contribution in [3.63, 3.8) is 0 Å². The molecule has 2 heterocycles. The third kappa shape index (κ3) is 4.51. The Hall–Kier alpha value is -2.80. The molecule has 4 rings (SSSR count). The van der Waals surface area contributed by atoms with E-state index in [1.54, 1.807) is 11.3 Å². The summed E-state index contributed by atoms with van der Waals surface area (Å²) in [5.74, 6) is 1.73. The summed E-state index contributed by atoms with van der Waals surface area (Å²) in [7, 11) is 0. The summed E-state index contributed by atoms with van der Waals surface area (Å²) in [4.78, 5) is 21.8. The number of fused-ring (bicyclic) bond motifs is 1. The number of piperazine rings is 1. The number of benzene rings is 2. The van der Waals surface area contributed by atoms with Crippen LogP contribution in [-0.4, -0.2) is 54.7 Å². The van der Waals surface area contributed by atoms with Crippen LogP contribution in [0.4, 0.5) is 5.13 Å². The van der Waals surface area contributed by atoms with E-state index < -0.39 is 0 Å². The molecule has 0 N–H and O–H groups in total. The molecule has 0 radical (unpaired) electrons. The van der Waals surface area contributed by atoms with Crippen LogP contribution in [0, 0.1) is 0 Å². The maximum atomic E-state index is 12.9. The third-order valence-electron chi connectivity index (χ3n) is 4.97. The molecule has 0 bridgehead atoms. The Balaban J connectivity index is 1.38. The van der Waals surface area contributed by atoms with Crippen LogP contribution in [0.1, 0.15) is 31.1 Å². The monoisotopic (exact) mass is 425 g/mol. The molecule has 2 aromatic carbocycles. The number of rotatable bonds is 6. The van der Waals surface area contributed by atoms with E-state index in [2.05, 4.69) is 4.90 Å². The number of carbonyl (C=O) groups is 1. The van der Waals surface area contributed by atoms with Crippen molar-refractivity contribution < 1.29 is 14.3 Å². The first-order valence-electron chi connectivity index (χ1n) is 10.4. The van der Waals surface area contributed by atoms with Gasteiger partial charge >= 0.3 is 0 Å². The van der Waals surface area contributed by atoms with E-state index in [-0.39, 0.29) is 12.0 Å². The third-order valence-corrected chi connectivity index (χ3v) is 6.05. The Kier molecular flexibility index (Phi) is 6.08. The quantitative estimate of drug-likeness (QED) is 0.584. The molecular formula is C23H27N3O3S. The van der Waals surface area contributed by atoms with Gasteiger partial charge in [0.1, 0.15) is 11.5 Å². The highest BCUT2D eigenvalue weighted by Gasteiger charge is 2.24. The van der Waals surface area contributed by atoms with Gasteiger partial charge in [-0.15, -0.1) is 0 Å². The van der Waals surface area contributed by atoms with E-state index in [1.807, 2.05) is 68.1 Å². The first-order chi connectivity index (χ1) is 14.5. The van der Waals surface area contributed by atoms with Gasteiger partial charge in [0.15, 0.2) is 5.13 Å². The summed E-state index contributed by atoms with van der Waals surface area (Å²) in [6.07, 6.45) is 0.118.